The van der Waals surface area contributed by atoms with Crippen LogP contribution in [-0.2, 0) is 0 Å². The topological polar surface area (TPSA) is 4.93 Å². The molecule has 1 nitrogen and oxygen atoms in total. The van der Waals surface area contributed by atoms with Crippen molar-refractivity contribution in [3.8, 4) is 0 Å². The molecule has 0 unspecified atom stereocenters. The molecule has 3 aromatic rings. The molecule has 21 heavy (non-hydrogen) atoms. The maximum Gasteiger partial charge on any atom is 0.0543 e. The van der Waals surface area contributed by atoms with Gasteiger partial charge in [-0.1, -0.05) is 49.4 Å². The van der Waals surface area contributed by atoms with E-state index in [1.54, 1.807) is 0 Å². The average molecular weight is 273 g/mol. The van der Waals surface area contributed by atoms with Crippen LogP contribution < -0.4 is 0 Å². The van der Waals surface area contributed by atoms with Gasteiger partial charge in [-0.15, -0.1) is 0 Å². The number of nitrogens with zero attached hydrogens (tertiary/aromatic N) is 1. The smallest absolute Gasteiger partial charge is 0.0543 e. The Labute approximate surface area is 125 Å². The van der Waals surface area contributed by atoms with Gasteiger partial charge in [-0.3, -0.25) is 0 Å². The maximum absolute atomic E-state index is 2.41. The van der Waals surface area contributed by atoms with E-state index in [1.807, 2.05) is 0 Å². The summed E-state index contributed by atoms with van der Waals surface area (Å²) in [5.41, 5.74) is 5.20. The Morgan fingerprint density at radius 1 is 1.00 bits per heavy atom. The summed E-state index contributed by atoms with van der Waals surface area (Å²) in [6.07, 6.45) is 8.07. The summed E-state index contributed by atoms with van der Waals surface area (Å²) < 4.78 is 2.41. The van der Waals surface area contributed by atoms with Crippen molar-refractivity contribution < 1.29 is 0 Å². The molecule has 0 bridgehead atoms. The summed E-state index contributed by atoms with van der Waals surface area (Å²) in [5, 5.41) is 2.67. The molecule has 1 aromatic heterocycles. The van der Waals surface area contributed by atoms with E-state index in [0.717, 1.165) is 6.42 Å². The van der Waals surface area contributed by atoms with Gasteiger partial charge in [0.15, 0.2) is 0 Å². The lowest BCUT2D eigenvalue weighted by Crippen LogP contribution is -2.01. The Hall–Kier alpha value is -2.28. The molecule has 1 atom stereocenters. The highest BCUT2D eigenvalue weighted by Crippen LogP contribution is 2.34. The number of fused-ring (bicyclic) bond motifs is 3. The minimum atomic E-state index is 0.603. The summed E-state index contributed by atoms with van der Waals surface area (Å²) in [6, 6.07) is 15.4. The Morgan fingerprint density at radius 2 is 1.81 bits per heavy atom. The first-order valence-electron chi connectivity index (χ1n) is 7.62. The van der Waals surface area contributed by atoms with Gasteiger partial charge in [0.1, 0.15) is 0 Å². The van der Waals surface area contributed by atoms with Crippen LogP contribution in [0.2, 0.25) is 0 Å². The zero-order valence-corrected chi connectivity index (χ0v) is 12.5. The highest BCUT2D eigenvalue weighted by Gasteiger charge is 2.14. The number of allylic oxidation sites excluding steroid dienone is 4. The first kappa shape index (κ1) is 12.5. The Balaban J connectivity index is 2.14. The molecule has 0 N–H and O–H groups in total. The van der Waals surface area contributed by atoms with Crippen LogP contribution >= 0.6 is 0 Å². The predicted octanol–water partition coefficient (Wildman–Crippen LogP) is 5.54. The molecule has 0 amide bonds. The monoisotopic (exact) mass is 273 g/mol. The van der Waals surface area contributed by atoms with Gasteiger partial charge < -0.3 is 4.57 Å². The number of benzene rings is 2. The number of hydrogen-bond donors (Lipinski definition) is 0. The predicted molar refractivity (Wildman–Crippen MR) is 91.4 cm³/mol. The van der Waals surface area contributed by atoms with E-state index < -0.39 is 0 Å². The second-order valence-corrected chi connectivity index (χ2v) is 6.08. The molecule has 1 aliphatic carbocycles. The molecule has 2 aromatic carbocycles. The molecule has 1 heterocycles. The zero-order chi connectivity index (χ0) is 14.4. The van der Waals surface area contributed by atoms with Crippen LogP contribution in [-0.4, -0.2) is 4.57 Å². The molecule has 1 heteroatoms. The third kappa shape index (κ3) is 1.92. The number of aryl methyl sites for hydroxylation is 1. The fraction of sp³-hybridized carbons (Fsp3) is 0.200. The molecule has 0 spiro atoms. The van der Waals surface area contributed by atoms with Crippen molar-refractivity contribution in [2.45, 2.75) is 20.3 Å². The fourth-order valence-electron chi connectivity index (χ4n) is 3.33. The number of hydrogen-bond acceptors (Lipinski definition) is 0. The highest BCUT2D eigenvalue weighted by molar-refractivity contribution is 6.10. The van der Waals surface area contributed by atoms with Crippen LogP contribution in [0, 0.1) is 12.8 Å². The Bertz CT molecular complexity index is 893. The van der Waals surface area contributed by atoms with Gasteiger partial charge in [-0.2, -0.15) is 0 Å². The first-order valence-corrected chi connectivity index (χ1v) is 7.62. The second kappa shape index (κ2) is 4.63. The van der Waals surface area contributed by atoms with Gasteiger partial charge in [0, 0.05) is 16.5 Å². The molecule has 0 radical (unpaired) electrons. The molecule has 0 aliphatic heterocycles. The molecule has 4 rings (SSSR count). The van der Waals surface area contributed by atoms with Crippen molar-refractivity contribution in [3.05, 3.63) is 66.3 Å². The number of rotatable bonds is 1. The summed E-state index contributed by atoms with van der Waals surface area (Å²) in [6.45, 7) is 4.44. The first-order chi connectivity index (χ1) is 10.2. The van der Waals surface area contributed by atoms with Gasteiger partial charge in [0.25, 0.3) is 0 Å². The van der Waals surface area contributed by atoms with Crippen molar-refractivity contribution in [1.82, 2.24) is 4.57 Å². The minimum absolute atomic E-state index is 0.603. The summed E-state index contributed by atoms with van der Waals surface area (Å²) >= 11 is 0. The molecule has 0 saturated carbocycles. The van der Waals surface area contributed by atoms with Crippen molar-refractivity contribution >= 4 is 27.5 Å². The van der Waals surface area contributed by atoms with E-state index in [0.29, 0.717) is 5.92 Å². The lowest BCUT2D eigenvalue weighted by atomic mass is 10.0. The number of aromatic nitrogens is 1. The van der Waals surface area contributed by atoms with Crippen molar-refractivity contribution in [2.24, 2.45) is 5.92 Å². The second-order valence-electron chi connectivity index (χ2n) is 6.08. The van der Waals surface area contributed by atoms with Gasteiger partial charge in [0.2, 0.25) is 0 Å². The van der Waals surface area contributed by atoms with Crippen LogP contribution in [0.3, 0.4) is 0 Å². The largest absolute Gasteiger partial charge is 0.310 e. The molecule has 104 valence electrons. The average Bonchev–Trinajstić information content (AvgIpc) is 2.80. The van der Waals surface area contributed by atoms with E-state index in [-0.39, 0.29) is 0 Å². The number of para-hydroxylation sites is 1. The van der Waals surface area contributed by atoms with Crippen molar-refractivity contribution in [1.29, 1.82) is 0 Å². The van der Waals surface area contributed by atoms with Crippen LogP contribution in [0.25, 0.3) is 27.5 Å². The molecular formula is C20H19N. The van der Waals surface area contributed by atoms with Gasteiger partial charge in [-0.25, -0.2) is 0 Å². The lowest BCUT2D eigenvalue weighted by Gasteiger charge is -2.15. The fourth-order valence-corrected chi connectivity index (χ4v) is 3.33. The highest BCUT2D eigenvalue weighted by atomic mass is 15.0. The summed E-state index contributed by atoms with van der Waals surface area (Å²) in [7, 11) is 0. The van der Waals surface area contributed by atoms with E-state index in [9.17, 15) is 0 Å². The van der Waals surface area contributed by atoms with Crippen LogP contribution in [0.15, 0.2) is 60.7 Å². The third-order valence-electron chi connectivity index (χ3n) is 4.34. The minimum Gasteiger partial charge on any atom is -0.310 e. The normalized spacial score (nSPS) is 18.4. The van der Waals surface area contributed by atoms with Gasteiger partial charge >= 0.3 is 0 Å². The van der Waals surface area contributed by atoms with E-state index in [2.05, 4.69) is 79.1 Å². The van der Waals surface area contributed by atoms with Crippen LogP contribution in [0.5, 0.6) is 0 Å². The summed E-state index contributed by atoms with van der Waals surface area (Å²) in [5.74, 6) is 0.603. The molecular weight excluding hydrogens is 254 g/mol. The van der Waals surface area contributed by atoms with Gasteiger partial charge in [-0.05, 0) is 43.0 Å². The molecule has 0 saturated heterocycles. The Morgan fingerprint density at radius 3 is 2.67 bits per heavy atom. The van der Waals surface area contributed by atoms with Crippen molar-refractivity contribution in [3.63, 3.8) is 0 Å². The van der Waals surface area contributed by atoms with Crippen LogP contribution in [0.4, 0.5) is 0 Å². The third-order valence-corrected chi connectivity index (χ3v) is 4.34. The zero-order valence-electron chi connectivity index (χ0n) is 12.5. The van der Waals surface area contributed by atoms with Crippen molar-refractivity contribution in [2.75, 3.05) is 0 Å². The molecule has 1 aliphatic rings. The van der Waals surface area contributed by atoms with E-state index in [4.69, 9.17) is 0 Å². The maximum atomic E-state index is 2.41. The van der Waals surface area contributed by atoms with Crippen LogP contribution in [0.1, 0.15) is 18.9 Å². The quantitative estimate of drug-likeness (QED) is 0.548. The van der Waals surface area contributed by atoms with E-state index in [1.165, 1.54) is 33.1 Å². The summed E-state index contributed by atoms with van der Waals surface area (Å²) in [4.78, 5) is 0. The standard InChI is InChI=1S/C20H19N/c1-14-6-5-7-16(12-14)21-19-9-4-3-8-17(19)18-11-10-15(2)13-20(18)21/h3-5,7-14H,6H2,1-2H3/t14-/m1/s1. The van der Waals surface area contributed by atoms with Gasteiger partial charge in [0.05, 0.1) is 11.0 Å². The van der Waals surface area contributed by atoms with E-state index >= 15 is 0 Å². The molecule has 0 fully saturated rings. The Kier molecular flexibility index (Phi) is 2.75. The lowest BCUT2D eigenvalue weighted by molar-refractivity contribution is 0.735. The SMILES string of the molecule is Cc1ccc2c3ccccc3n(C3=C[C@H](C)CC=C3)c2c1.